The van der Waals surface area contributed by atoms with Crippen LogP contribution >= 0.6 is 11.6 Å². The van der Waals surface area contributed by atoms with Gasteiger partial charge in [-0.05, 0) is 31.0 Å². The zero-order valence-corrected chi connectivity index (χ0v) is 12.6. The number of carbonyl (C=O) groups excluding carboxylic acids is 1. The van der Waals surface area contributed by atoms with Crippen molar-refractivity contribution in [1.29, 1.82) is 0 Å². The fourth-order valence-electron chi connectivity index (χ4n) is 1.70. The van der Waals surface area contributed by atoms with Crippen molar-refractivity contribution in [3.8, 4) is 5.75 Å². The van der Waals surface area contributed by atoms with Crippen LogP contribution in [0.2, 0.25) is 5.02 Å². The van der Waals surface area contributed by atoms with Crippen molar-refractivity contribution >= 4 is 29.3 Å². The Morgan fingerprint density at radius 1 is 1.29 bits per heavy atom. The number of benzene rings is 1. The Hall–Kier alpha value is -1.95. The van der Waals surface area contributed by atoms with E-state index >= 15 is 0 Å². The fourth-order valence-corrected chi connectivity index (χ4v) is 1.96. The highest BCUT2D eigenvalue weighted by Gasteiger charge is 2.05. The maximum atomic E-state index is 11.6. The molecule has 6 nitrogen and oxygen atoms in total. The molecule has 0 saturated carbocycles. The predicted molar refractivity (Wildman–Crippen MR) is 81.1 cm³/mol. The first-order chi connectivity index (χ1) is 10.0. The van der Waals surface area contributed by atoms with E-state index < -0.39 is 5.97 Å². The molecule has 116 valence electrons. The number of rotatable bonds is 8. The van der Waals surface area contributed by atoms with Crippen LogP contribution in [0.3, 0.4) is 0 Å². The second-order valence-electron chi connectivity index (χ2n) is 4.43. The van der Waals surface area contributed by atoms with Crippen LogP contribution in [0.25, 0.3) is 0 Å². The summed E-state index contributed by atoms with van der Waals surface area (Å²) in [7, 11) is 1.52. The third-order valence-electron chi connectivity index (χ3n) is 2.76. The Morgan fingerprint density at radius 3 is 2.67 bits per heavy atom. The normalized spacial score (nSPS) is 10.0. The van der Waals surface area contributed by atoms with Crippen LogP contribution in [0.4, 0.5) is 10.5 Å². The highest BCUT2D eigenvalue weighted by atomic mass is 35.5. The lowest BCUT2D eigenvalue weighted by Crippen LogP contribution is -2.29. The molecule has 0 aliphatic carbocycles. The van der Waals surface area contributed by atoms with Crippen molar-refractivity contribution in [2.24, 2.45) is 0 Å². The zero-order valence-electron chi connectivity index (χ0n) is 11.8. The number of ether oxygens (including phenoxy) is 1. The van der Waals surface area contributed by atoms with Gasteiger partial charge in [-0.15, -0.1) is 0 Å². The summed E-state index contributed by atoms with van der Waals surface area (Å²) in [6.07, 6.45) is 2.29. The average molecular weight is 315 g/mol. The highest BCUT2D eigenvalue weighted by molar-refractivity contribution is 6.32. The van der Waals surface area contributed by atoms with Gasteiger partial charge < -0.3 is 20.5 Å². The minimum absolute atomic E-state index is 0.163. The Morgan fingerprint density at radius 2 is 2.05 bits per heavy atom. The monoisotopic (exact) mass is 314 g/mol. The van der Waals surface area contributed by atoms with Gasteiger partial charge in [0.1, 0.15) is 5.75 Å². The van der Waals surface area contributed by atoms with Crippen LogP contribution < -0.4 is 15.4 Å². The lowest BCUT2D eigenvalue weighted by Gasteiger charge is -2.09. The number of methoxy groups -OCH3 is 1. The highest BCUT2D eigenvalue weighted by Crippen LogP contribution is 2.27. The van der Waals surface area contributed by atoms with Crippen LogP contribution in [0.15, 0.2) is 18.2 Å². The standard InChI is InChI=1S/C14H19ClN2O4/c1-21-12-7-6-10(9-11(12)15)17-14(20)16-8-4-2-3-5-13(18)19/h6-7,9H,2-5,8H2,1H3,(H,18,19)(H2,16,17,20). The number of halogens is 1. The second kappa shape index (κ2) is 9.07. The summed E-state index contributed by atoms with van der Waals surface area (Å²) in [5.41, 5.74) is 0.573. The molecule has 21 heavy (non-hydrogen) atoms. The lowest BCUT2D eigenvalue weighted by molar-refractivity contribution is -0.137. The van der Waals surface area contributed by atoms with Crippen LogP contribution in [-0.2, 0) is 4.79 Å². The number of amides is 2. The molecule has 0 spiro atoms. The zero-order chi connectivity index (χ0) is 15.7. The Bertz CT molecular complexity index is 494. The fraction of sp³-hybridized carbons (Fsp3) is 0.429. The maximum Gasteiger partial charge on any atom is 0.319 e. The summed E-state index contributed by atoms with van der Waals surface area (Å²) in [5.74, 6) is -0.252. The van der Waals surface area contributed by atoms with E-state index in [2.05, 4.69) is 10.6 Å². The van der Waals surface area contributed by atoms with E-state index in [1.165, 1.54) is 7.11 Å². The van der Waals surface area contributed by atoms with Crippen molar-refractivity contribution < 1.29 is 19.4 Å². The number of carbonyl (C=O) groups is 2. The molecule has 2 amide bonds. The Balaban J connectivity index is 2.24. The van der Waals surface area contributed by atoms with Crippen molar-refractivity contribution in [2.45, 2.75) is 25.7 Å². The molecule has 0 aliphatic heterocycles. The van der Waals surface area contributed by atoms with E-state index in [-0.39, 0.29) is 12.5 Å². The molecule has 0 radical (unpaired) electrons. The number of hydrogen-bond donors (Lipinski definition) is 3. The third kappa shape index (κ3) is 6.85. The summed E-state index contributed by atoms with van der Waals surface area (Å²) < 4.78 is 5.02. The molecule has 7 heteroatoms. The molecule has 1 aromatic rings. The molecule has 0 fully saturated rings. The van der Waals surface area contributed by atoms with Gasteiger partial charge in [-0.3, -0.25) is 4.79 Å². The number of unbranched alkanes of at least 4 members (excludes halogenated alkanes) is 2. The number of aliphatic carboxylic acids is 1. The summed E-state index contributed by atoms with van der Waals surface area (Å²) in [4.78, 5) is 21.9. The molecule has 0 atom stereocenters. The van der Waals surface area contributed by atoms with Crippen molar-refractivity contribution in [1.82, 2.24) is 5.32 Å². The van der Waals surface area contributed by atoms with E-state index in [0.29, 0.717) is 29.4 Å². The van der Waals surface area contributed by atoms with E-state index in [1.807, 2.05) is 0 Å². The van der Waals surface area contributed by atoms with Crippen molar-refractivity contribution in [3.05, 3.63) is 23.2 Å². The van der Waals surface area contributed by atoms with Gasteiger partial charge in [0.2, 0.25) is 0 Å². The molecule has 1 aromatic carbocycles. The first-order valence-electron chi connectivity index (χ1n) is 6.63. The minimum Gasteiger partial charge on any atom is -0.495 e. The molecular weight excluding hydrogens is 296 g/mol. The van der Waals surface area contributed by atoms with Gasteiger partial charge in [-0.25, -0.2) is 4.79 Å². The van der Waals surface area contributed by atoms with E-state index in [9.17, 15) is 9.59 Å². The van der Waals surface area contributed by atoms with Gasteiger partial charge in [0.25, 0.3) is 0 Å². The quantitative estimate of drug-likeness (QED) is 0.643. The Kier molecular flexibility index (Phi) is 7.39. The predicted octanol–water partition coefficient (Wildman–Crippen LogP) is 3.12. The SMILES string of the molecule is COc1ccc(NC(=O)NCCCCCC(=O)O)cc1Cl. The smallest absolute Gasteiger partial charge is 0.319 e. The summed E-state index contributed by atoms with van der Waals surface area (Å²) in [5, 5.41) is 14.3. The number of urea groups is 1. The molecule has 0 saturated heterocycles. The van der Waals surface area contributed by atoms with Gasteiger partial charge in [0.05, 0.1) is 12.1 Å². The first kappa shape index (κ1) is 17.1. The van der Waals surface area contributed by atoms with E-state index in [1.54, 1.807) is 18.2 Å². The molecule has 0 aromatic heterocycles. The van der Waals surface area contributed by atoms with Gasteiger partial charge in [0.15, 0.2) is 0 Å². The van der Waals surface area contributed by atoms with Crippen LogP contribution in [0.1, 0.15) is 25.7 Å². The molecular formula is C14H19ClN2O4. The molecule has 0 heterocycles. The van der Waals surface area contributed by atoms with Gasteiger partial charge >= 0.3 is 12.0 Å². The van der Waals surface area contributed by atoms with Crippen LogP contribution in [-0.4, -0.2) is 30.8 Å². The third-order valence-corrected chi connectivity index (χ3v) is 3.06. The maximum absolute atomic E-state index is 11.6. The summed E-state index contributed by atoms with van der Waals surface area (Å²) >= 11 is 5.96. The number of nitrogens with one attached hydrogen (secondary N) is 2. The summed E-state index contributed by atoms with van der Waals surface area (Å²) in [6, 6.07) is 4.64. The lowest BCUT2D eigenvalue weighted by atomic mass is 10.2. The molecule has 1 rings (SSSR count). The number of anilines is 1. The van der Waals surface area contributed by atoms with Crippen molar-refractivity contribution in [2.75, 3.05) is 19.0 Å². The molecule has 0 bridgehead atoms. The first-order valence-corrected chi connectivity index (χ1v) is 7.01. The molecule has 3 N–H and O–H groups in total. The topological polar surface area (TPSA) is 87.7 Å². The van der Waals surface area contributed by atoms with Gasteiger partial charge in [-0.2, -0.15) is 0 Å². The van der Waals surface area contributed by atoms with Gasteiger partial charge in [-0.1, -0.05) is 18.0 Å². The molecule has 0 unspecified atom stereocenters. The van der Waals surface area contributed by atoms with Gasteiger partial charge in [0, 0.05) is 18.7 Å². The second-order valence-corrected chi connectivity index (χ2v) is 4.84. The minimum atomic E-state index is -0.794. The number of carboxylic acids is 1. The molecule has 0 aliphatic rings. The average Bonchev–Trinajstić information content (AvgIpc) is 2.42. The summed E-state index contributed by atoms with van der Waals surface area (Å²) in [6.45, 7) is 0.495. The van der Waals surface area contributed by atoms with Crippen molar-refractivity contribution in [3.63, 3.8) is 0 Å². The van der Waals surface area contributed by atoms with Crippen LogP contribution in [0, 0.1) is 0 Å². The number of carboxylic acid groups (broad SMARTS) is 1. The van der Waals surface area contributed by atoms with E-state index in [4.69, 9.17) is 21.4 Å². The van der Waals surface area contributed by atoms with E-state index in [0.717, 1.165) is 12.8 Å². The largest absolute Gasteiger partial charge is 0.495 e. The Labute approximate surface area is 128 Å². The number of hydrogen-bond acceptors (Lipinski definition) is 3. The van der Waals surface area contributed by atoms with Crippen LogP contribution in [0.5, 0.6) is 5.75 Å².